The third-order valence-corrected chi connectivity index (χ3v) is 5.65. The molecule has 0 radical (unpaired) electrons. The van der Waals surface area contributed by atoms with E-state index in [0.29, 0.717) is 11.5 Å². The van der Waals surface area contributed by atoms with Crippen molar-refractivity contribution in [1.82, 2.24) is 14.6 Å². The number of methoxy groups -OCH3 is 2. The molecule has 5 nitrogen and oxygen atoms in total. The van der Waals surface area contributed by atoms with Crippen molar-refractivity contribution >= 4 is 22.8 Å². The van der Waals surface area contributed by atoms with E-state index in [0.717, 1.165) is 45.0 Å². The van der Waals surface area contributed by atoms with Crippen LogP contribution in [0.2, 0.25) is 0 Å². The molecule has 0 bridgehead atoms. The predicted octanol–water partition coefficient (Wildman–Crippen LogP) is 7.10. The second-order valence-corrected chi connectivity index (χ2v) is 7.83. The van der Waals surface area contributed by atoms with E-state index in [1.54, 1.807) is 18.7 Å². The van der Waals surface area contributed by atoms with Gasteiger partial charge in [0.1, 0.15) is 11.4 Å². The Balaban J connectivity index is 2.08. The van der Waals surface area contributed by atoms with E-state index >= 15 is 0 Å². The highest BCUT2D eigenvalue weighted by Gasteiger charge is 2.24. The van der Waals surface area contributed by atoms with E-state index in [1.165, 1.54) is 5.54 Å². The maximum atomic E-state index is 6.03. The van der Waals surface area contributed by atoms with Gasteiger partial charge in [-0.2, -0.15) is 9.61 Å². The number of hydrogen-bond donors (Lipinski definition) is 0. The smallest absolute Gasteiger partial charge is 0.226 e. The Morgan fingerprint density at radius 3 is 2.32 bits per heavy atom. The minimum absolute atomic E-state index is 0.608. The Bertz CT molecular complexity index is 1390. The summed E-state index contributed by atoms with van der Waals surface area (Å²) in [5.41, 5.74) is 8.41. The Morgan fingerprint density at radius 2 is 1.71 bits per heavy atom. The third kappa shape index (κ3) is 4.35. The van der Waals surface area contributed by atoms with Crippen molar-refractivity contribution in [2.24, 2.45) is 0 Å². The van der Waals surface area contributed by atoms with E-state index < -0.39 is 0 Å². The molecule has 0 fully saturated rings. The molecule has 0 aliphatic heterocycles. The second kappa shape index (κ2) is 10.4. The molecule has 34 heavy (non-hydrogen) atoms. The minimum atomic E-state index is 0.608. The average Bonchev–Trinajstić information content (AvgIpc) is 3.25. The highest BCUT2D eigenvalue weighted by molar-refractivity contribution is 6.26. The van der Waals surface area contributed by atoms with Crippen molar-refractivity contribution in [3.8, 4) is 34.0 Å². The fourth-order valence-corrected chi connectivity index (χ4v) is 4.10. The molecule has 0 atom stereocenters. The summed E-state index contributed by atoms with van der Waals surface area (Å²) < 4.78 is 13.0. The predicted molar refractivity (Wildman–Crippen MR) is 139 cm³/mol. The van der Waals surface area contributed by atoms with Gasteiger partial charge in [0.15, 0.2) is 5.65 Å². The van der Waals surface area contributed by atoms with Crippen molar-refractivity contribution in [1.29, 1.82) is 0 Å². The number of allylic oxidation sites excluding steroid dienone is 5. The van der Waals surface area contributed by atoms with Crippen LogP contribution in [0.1, 0.15) is 18.2 Å². The van der Waals surface area contributed by atoms with Gasteiger partial charge >= 0.3 is 0 Å². The standard InChI is InChI=1S/C28H26ClN3O2/c1-5-6-10-20(17-18-29)25-26(22-11-8-7-9-12-22)31-32-27(25)30-19(2)24(28(32)34-4)21-13-15-23(33-3)16-14-21/h5-18H,1-4H3/b6-5-,18-17+,20-10+. The van der Waals surface area contributed by atoms with Crippen LogP contribution >= 0.6 is 11.6 Å². The summed E-state index contributed by atoms with van der Waals surface area (Å²) in [5.74, 6) is 1.39. The number of nitrogens with zero attached hydrogens (tertiary/aromatic N) is 3. The topological polar surface area (TPSA) is 48.7 Å². The van der Waals surface area contributed by atoms with Crippen LogP contribution in [0.4, 0.5) is 0 Å². The molecule has 0 N–H and O–H groups in total. The number of fused-ring (bicyclic) bond motifs is 1. The molecule has 4 rings (SSSR count). The zero-order chi connectivity index (χ0) is 24.1. The highest BCUT2D eigenvalue weighted by Crippen LogP contribution is 2.39. The van der Waals surface area contributed by atoms with Gasteiger partial charge in [0.2, 0.25) is 5.88 Å². The van der Waals surface area contributed by atoms with Crippen LogP contribution < -0.4 is 9.47 Å². The number of ether oxygens (including phenoxy) is 2. The van der Waals surface area contributed by atoms with Crippen LogP contribution in [-0.4, -0.2) is 28.8 Å². The summed E-state index contributed by atoms with van der Waals surface area (Å²) in [6, 6.07) is 17.9. The van der Waals surface area contributed by atoms with Gasteiger partial charge in [-0.25, -0.2) is 4.98 Å². The molecule has 2 heterocycles. The number of rotatable bonds is 7. The minimum Gasteiger partial charge on any atom is -0.497 e. The second-order valence-electron chi connectivity index (χ2n) is 7.58. The average molecular weight is 472 g/mol. The van der Waals surface area contributed by atoms with E-state index in [9.17, 15) is 0 Å². The first kappa shape index (κ1) is 23.3. The van der Waals surface area contributed by atoms with Crippen LogP contribution in [0.15, 0.2) is 84.4 Å². The number of halogens is 1. The van der Waals surface area contributed by atoms with Crippen molar-refractivity contribution in [3.63, 3.8) is 0 Å². The lowest BCUT2D eigenvalue weighted by molar-refractivity contribution is 0.386. The Labute approximate surface area is 204 Å². The summed E-state index contributed by atoms with van der Waals surface area (Å²) in [4.78, 5) is 5.01. The van der Waals surface area contributed by atoms with Gasteiger partial charge in [0.25, 0.3) is 0 Å². The Kier molecular flexibility index (Phi) is 7.14. The molecule has 0 aliphatic rings. The third-order valence-electron chi connectivity index (χ3n) is 5.52. The fraction of sp³-hybridized carbons (Fsp3) is 0.143. The van der Waals surface area contributed by atoms with Gasteiger partial charge in [0, 0.05) is 11.1 Å². The van der Waals surface area contributed by atoms with E-state index in [1.807, 2.05) is 92.7 Å². The Hall–Kier alpha value is -3.83. The van der Waals surface area contributed by atoms with Gasteiger partial charge in [-0.1, -0.05) is 72.3 Å². The molecule has 0 aliphatic carbocycles. The first-order valence-electron chi connectivity index (χ1n) is 10.9. The van der Waals surface area contributed by atoms with E-state index in [2.05, 4.69) is 0 Å². The van der Waals surface area contributed by atoms with E-state index in [4.69, 9.17) is 31.2 Å². The number of hydrogen-bond acceptors (Lipinski definition) is 4. The maximum Gasteiger partial charge on any atom is 0.226 e. The summed E-state index contributed by atoms with van der Waals surface area (Å²) in [7, 11) is 3.30. The quantitative estimate of drug-likeness (QED) is 0.270. The molecule has 0 saturated carbocycles. The summed E-state index contributed by atoms with van der Waals surface area (Å²) in [6.45, 7) is 3.95. The maximum absolute atomic E-state index is 6.03. The van der Waals surface area contributed by atoms with Gasteiger partial charge in [0.05, 0.1) is 31.0 Å². The molecule has 4 aromatic rings. The lowest BCUT2D eigenvalue weighted by Crippen LogP contribution is -2.04. The van der Waals surface area contributed by atoms with Crippen molar-refractivity contribution in [2.45, 2.75) is 13.8 Å². The number of benzene rings is 2. The summed E-state index contributed by atoms with van der Waals surface area (Å²) in [5, 5.41) is 4.99. The van der Waals surface area contributed by atoms with Gasteiger partial charge < -0.3 is 9.47 Å². The first-order chi connectivity index (χ1) is 16.6. The monoisotopic (exact) mass is 471 g/mol. The summed E-state index contributed by atoms with van der Waals surface area (Å²) in [6.07, 6.45) is 7.80. The lowest BCUT2D eigenvalue weighted by Gasteiger charge is -2.14. The van der Waals surface area contributed by atoms with Crippen LogP contribution in [0.5, 0.6) is 11.6 Å². The Morgan fingerprint density at radius 1 is 0.971 bits per heavy atom. The van der Waals surface area contributed by atoms with Gasteiger partial charge in [-0.15, -0.1) is 0 Å². The molecular formula is C28H26ClN3O2. The SMILES string of the molecule is C\C=C/C=C(\C=C\Cl)c1c(-c2ccccc2)nn2c(OC)c(-c3ccc(OC)cc3)c(C)nc12. The molecular weight excluding hydrogens is 446 g/mol. The number of aromatic nitrogens is 3. The zero-order valence-electron chi connectivity index (χ0n) is 19.6. The van der Waals surface area contributed by atoms with Gasteiger partial charge in [-0.05, 0) is 43.2 Å². The molecule has 2 aromatic carbocycles. The molecule has 0 amide bonds. The van der Waals surface area contributed by atoms with Crippen molar-refractivity contribution < 1.29 is 9.47 Å². The molecule has 2 aromatic heterocycles. The van der Waals surface area contributed by atoms with Crippen LogP contribution in [0, 0.1) is 6.92 Å². The zero-order valence-corrected chi connectivity index (χ0v) is 20.4. The normalized spacial score (nSPS) is 12.2. The van der Waals surface area contributed by atoms with Crippen LogP contribution in [0.25, 0.3) is 33.6 Å². The number of aryl methyl sites for hydroxylation is 1. The largest absolute Gasteiger partial charge is 0.497 e. The van der Waals surface area contributed by atoms with Crippen molar-refractivity contribution in [3.05, 3.63) is 95.7 Å². The van der Waals surface area contributed by atoms with Crippen LogP contribution in [0.3, 0.4) is 0 Å². The fourth-order valence-electron chi connectivity index (χ4n) is 3.96. The van der Waals surface area contributed by atoms with Gasteiger partial charge in [-0.3, -0.25) is 0 Å². The lowest BCUT2D eigenvalue weighted by atomic mass is 10.00. The van der Waals surface area contributed by atoms with Crippen LogP contribution in [-0.2, 0) is 0 Å². The molecule has 0 spiro atoms. The first-order valence-corrected chi connectivity index (χ1v) is 11.3. The molecule has 6 heteroatoms. The molecule has 0 saturated heterocycles. The summed E-state index contributed by atoms with van der Waals surface area (Å²) >= 11 is 6.03. The molecule has 0 unspecified atom stereocenters. The highest BCUT2D eigenvalue weighted by atomic mass is 35.5. The van der Waals surface area contributed by atoms with Crippen molar-refractivity contribution in [2.75, 3.05) is 14.2 Å². The van der Waals surface area contributed by atoms with E-state index in [-0.39, 0.29) is 0 Å². The molecule has 172 valence electrons.